The van der Waals surface area contributed by atoms with Gasteiger partial charge in [-0.1, -0.05) is 13.8 Å². The maximum Gasteiger partial charge on any atom is 0.137 e. The molecule has 0 radical (unpaired) electrons. The summed E-state index contributed by atoms with van der Waals surface area (Å²) in [6, 6.07) is 0. The van der Waals surface area contributed by atoms with Crippen LogP contribution in [-0.2, 0) is 0 Å². The second-order valence-corrected chi connectivity index (χ2v) is 5.72. The number of nitrogens with one attached hydrogen (secondary N) is 1. The molecule has 1 rings (SSSR count). The average molecular weight is 279 g/mol. The van der Waals surface area contributed by atoms with E-state index in [0.717, 1.165) is 37.7 Å². The zero-order valence-corrected chi connectivity index (χ0v) is 13.8. The molecule has 0 fully saturated rings. The van der Waals surface area contributed by atoms with Gasteiger partial charge in [0.25, 0.3) is 0 Å². The smallest absolute Gasteiger partial charge is 0.137 e. The third-order valence-corrected chi connectivity index (χ3v) is 3.24. The van der Waals surface area contributed by atoms with Gasteiger partial charge in [-0.05, 0) is 39.9 Å². The summed E-state index contributed by atoms with van der Waals surface area (Å²) in [5.74, 6) is 2.41. The molecule has 0 aliphatic rings. The van der Waals surface area contributed by atoms with Crippen LogP contribution in [0, 0.1) is 0 Å². The molecular weight excluding hydrogens is 250 g/mol. The molecule has 0 saturated carbocycles. The van der Waals surface area contributed by atoms with E-state index in [1.807, 2.05) is 0 Å². The van der Waals surface area contributed by atoms with Crippen LogP contribution < -0.4 is 10.2 Å². The van der Waals surface area contributed by atoms with Crippen LogP contribution in [0.3, 0.4) is 0 Å². The second-order valence-electron chi connectivity index (χ2n) is 5.72. The molecule has 1 heterocycles. The highest BCUT2D eigenvalue weighted by Crippen LogP contribution is 2.30. The molecule has 0 amide bonds. The maximum atomic E-state index is 4.50. The van der Waals surface area contributed by atoms with Crippen molar-refractivity contribution in [3.63, 3.8) is 0 Å². The number of hydrogen-bond acceptors (Lipinski definition) is 5. The van der Waals surface area contributed by atoms with E-state index in [9.17, 15) is 0 Å². The van der Waals surface area contributed by atoms with Gasteiger partial charge in [0.2, 0.25) is 0 Å². The summed E-state index contributed by atoms with van der Waals surface area (Å²) in [6.07, 6.45) is 2.78. The normalized spacial score (nSPS) is 11.2. The van der Waals surface area contributed by atoms with Gasteiger partial charge in [-0.3, -0.25) is 0 Å². The van der Waals surface area contributed by atoms with Crippen molar-refractivity contribution >= 4 is 11.6 Å². The lowest BCUT2D eigenvalue weighted by molar-refractivity contribution is 0.401. The van der Waals surface area contributed by atoms with Crippen molar-refractivity contribution in [1.29, 1.82) is 0 Å². The molecule has 0 atom stereocenters. The van der Waals surface area contributed by atoms with Crippen LogP contribution in [0.5, 0.6) is 0 Å². The lowest BCUT2D eigenvalue weighted by atomic mass is 10.0. The van der Waals surface area contributed by atoms with Gasteiger partial charge in [0.15, 0.2) is 0 Å². The van der Waals surface area contributed by atoms with Crippen molar-refractivity contribution in [2.45, 2.75) is 33.1 Å². The molecule has 1 aromatic heterocycles. The molecule has 0 aromatic carbocycles. The van der Waals surface area contributed by atoms with Crippen LogP contribution in [0.1, 0.15) is 38.7 Å². The summed E-state index contributed by atoms with van der Waals surface area (Å²) < 4.78 is 0. The first-order valence-electron chi connectivity index (χ1n) is 7.42. The van der Waals surface area contributed by atoms with Gasteiger partial charge in [-0.2, -0.15) is 0 Å². The Morgan fingerprint density at radius 2 is 1.85 bits per heavy atom. The first-order valence-corrected chi connectivity index (χ1v) is 7.42. The summed E-state index contributed by atoms with van der Waals surface area (Å²) in [4.78, 5) is 13.3. The standard InChI is InChI=1S/C15H29N5/c1-7-16-14-13(12(2)3)15(18-11-17-14)20(6)10-8-9-19(4)5/h11-12H,7-10H2,1-6H3,(H,16,17,18). The van der Waals surface area contributed by atoms with Crippen molar-refractivity contribution in [1.82, 2.24) is 14.9 Å². The second kappa shape index (κ2) is 8.04. The van der Waals surface area contributed by atoms with E-state index in [4.69, 9.17) is 0 Å². The molecule has 0 bridgehead atoms. The first kappa shape index (κ1) is 16.7. The minimum atomic E-state index is 0.400. The molecule has 0 aliphatic heterocycles. The third kappa shape index (κ3) is 4.63. The van der Waals surface area contributed by atoms with Crippen LogP contribution in [0.2, 0.25) is 0 Å². The fourth-order valence-corrected chi connectivity index (χ4v) is 2.26. The first-order chi connectivity index (χ1) is 9.47. The monoisotopic (exact) mass is 279 g/mol. The van der Waals surface area contributed by atoms with Crippen molar-refractivity contribution in [3.8, 4) is 0 Å². The number of hydrogen-bond donors (Lipinski definition) is 1. The lowest BCUT2D eigenvalue weighted by Gasteiger charge is -2.24. The minimum absolute atomic E-state index is 0.400. The topological polar surface area (TPSA) is 44.3 Å². The highest BCUT2D eigenvalue weighted by Gasteiger charge is 2.17. The quantitative estimate of drug-likeness (QED) is 0.792. The SMILES string of the molecule is CCNc1ncnc(N(C)CCCN(C)C)c1C(C)C. The van der Waals surface area contributed by atoms with Crippen molar-refractivity contribution in [2.75, 3.05) is 51.0 Å². The minimum Gasteiger partial charge on any atom is -0.370 e. The van der Waals surface area contributed by atoms with E-state index in [1.165, 1.54) is 5.56 Å². The molecule has 0 spiro atoms. The molecular formula is C15H29N5. The number of aromatic nitrogens is 2. The van der Waals surface area contributed by atoms with Crippen LogP contribution in [-0.4, -0.2) is 55.6 Å². The Labute approximate surface area is 123 Å². The van der Waals surface area contributed by atoms with Gasteiger partial charge < -0.3 is 15.1 Å². The van der Waals surface area contributed by atoms with Gasteiger partial charge >= 0.3 is 0 Å². The van der Waals surface area contributed by atoms with Crippen LogP contribution >= 0.6 is 0 Å². The van der Waals surface area contributed by atoms with Crippen LogP contribution in [0.4, 0.5) is 11.6 Å². The van der Waals surface area contributed by atoms with Gasteiger partial charge in [0.1, 0.15) is 18.0 Å². The Kier molecular flexibility index (Phi) is 6.71. The van der Waals surface area contributed by atoms with E-state index in [0.29, 0.717) is 5.92 Å². The Morgan fingerprint density at radius 1 is 1.15 bits per heavy atom. The predicted molar refractivity (Wildman–Crippen MR) is 86.7 cm³/mol. The predicted octanol–water partition coefficient (Wildman–Crippen LogP) is 2.42. The Hall–Kier alpha value is -1.36. The highest BCUT2D eigenvalue weighted by molar-refractivity contribution is 5.60. The Morgan fingerprint density at radius 3 is 2.40 bits per heavy atom. The molecule has 1 N–H and O–H groups in total. The fourth-order valence-electron chi connectivity index (χ4n) is 2.26. The van der Waals surface area contributed by atoms with Crippen molar-refractivity contribution < 1.29 is 0 Å². The van der Waals surface area contributed by atoms with Crippen LogP contribution in [0.25, 0.3) is 0 Å². The van der Waals surface area contributed by atoms with Crippen LogP contribution in [0.15, 0.2) is 6.33 Å². The molecule has 5 nitrogen and oxygen atoms in total. The largest absolute Gasteiger partial charge is 0.370 e. The maximum absolute atomic E-state index is 4.50. The number of rotatable bonds is 8. The van der Waals surface area contributed by atoms with E-state index in [2.05, 4.69) is 67.0 Å². The molecule has 5 heteroatoms. The molecule has 0 unspecified atom stereocenters. The van der Waals surface area contributed by atoms with Gasteiger partial charge in [0, 0.05) is 25.7 Å². The summed E-state index contributed by atoms with van der Waals surface area (Å²) in [5.41, 5.74) is 1.21. The fraction of sp³-hybridized carbons (Fsp3) is 0.733. The Bertz CT molecular complexity index is 403. The molecule has 20 heavy (non-hydrogen) atoms. The van der Waals surface area contributed by atoms with Crippen molar-refractivity contribution in [3.05, 3.63) is 11.9 Å². The third-order valence-electron chi connectivity index (χ3n) is 3.24. The average Bonchev–Trinajstić information content (AvgIpc) is 2.38. The summed E-state index contributed by atoms with van der Waals surface area (Å²) >= 11 is 0. The molecule has 114 valence electrons. The Balaban J connectivity index is 2.89. The van der Waals surface area contributed by atoms with Gasteiger partial charge in [0.05, 0.1) is 0 Å². The van der Waals surface area contributed by atoms with E-state index >= 15 is 0 Å². The molecule has 1 aromatic rings. The zero-order valence-electron chi connectivity index (χ0n) is 13.8. The van der Waals surface area contributed by atoms with E-state index in [1.54, 1.807) is 6.33 Å². The summed E-state index contributed by atoms with van der Waals surface area (Å²) in [5, 5.41) is 3.34. The number of anilines is 2. The molecule has 0 saturated heterocycles. The summed E-state index contributed by atoms with van der Waals surface area (Å²) in [7, 11) is 6.32. The lowest BCUT2D eigenvalue weighted by Crippen LogP contribution is -2.25. The van der Waals surface area contributed by atoms with E-state index < -0.39 is 0 Å². The number of nitrogens with zero attached hydrogens (tertiary/aromatic N) is 4. The van der Waals surface area contributed by atoms with Gasteiger partial charge in [-0.15, -0.1) is 0 Å². The van der Waals surface area contributed by atoms with E-state index in [-0.39, 0.29) is 0 Å². The summed E-state index contributed by atoms with van der Waals surface area (Å²) in [6.45, 7) is 9.44. The molecule has 0 aliphatic carbocycles. The van der Waals surface area contributed by atoms with Crippen molar-refractivity contribution in [2.24, 2.45) is 0 Å². The van der Waals surface area contributed by atoms with Gasteiger partial charge in [-0.25, -0.2) is 9.97 Å². The highest BCUT2D eigenvalue weighted by atomic mass is 15.2. The zero-order chi connectivity index (χ0) is 15.1.